The van der Waals surface area contributed by atoms with Crippen LogP contribution in [0.3, 0.4) is 0 Å². The van der Waals surface area contributed by atoms with Gasteiger partial charge in [-0.3, -0.25) is 9.59 Å². The van der Waals surface area contributed by atoms with Crippen molar-refractivity contribution < 1.29 is 14.0 Å². The third-order valence-electron chi connectivity index (χ3n) is 4.27. The van der Waals surface area contributed by atoms with Crippen LogP contribution in [0.1, 0.15) is 15.9 Å². The molecule has 5 nitrogen and oxygen atoms in total. The van der Waals surface area contributed by atoms with Crippen LogP contribution in [0.15, 0.2) is 42.7 Å². The van der Waals surface area contributed by atoms with Gasteiger partial charge in [-0.05, 0) is 23.8 Å². The summed E-state index contributed by atoms with van der Waals surface area (Å²) in [4.78, 5) is 28.3. The zero-order valence-electron chi connectivity index (χ0n) is 13.6. The topological polar surface area (TPSA) is 45.6 Å². The van der Waals surface area contributed by atoms with Gasteiger partial charge < -0.3 is 14.4 Å². The van der Waals surface area contributed by atoms with Crippen LogP contribution in [-0.4, -0.2) is 52.4 Å². The van der Waals surface area contributed by atoms with Gasteiger partial charge >= 0.3 is 0 Å². The monoisotopic (exact) mass is 329 g/mol. The highest BCUT2D eigenvalue weighted by molar-refractivity contribution is 5.94. The quantitative estimate of drug-likeness (QED) is 0.860. The second-order valence-electron chi connectivity index (χ2n) is 6.04. The number of amides is 2. The van der Waals surface area contributed by atoms with E-state index in [1.807, 2.05) is 17.8 Å². The maximum Gasteiger partial charge on any atom is 0.255 e. The van der Waals surface area contributed by atoms with Crippen LogP contribution in [0.2, 0.25) is 0 Å². The summed E-state index contributed by atoms with van der Waals surface area (Å²) in [5.41, 5.74) is 1.47. The molecule has 0 atom stereocenters. The Morgan fingerprint density at radius 3 is 2.21 bits per heavy atom. The standard InChI is InChI=1S/C18H20FN3O2/c1-20-7-6-15(13-20)18(24)22-10-8-21(9-11-22)17(23)12-14-2-4-16(19)5-3-14/h2-7,13H,8-12H2,1H3. The van der Waals surface area contributed by atoms with Crippen LogP contribution in [0.4, 0.5) is 4.39 Å². The summed E-state index contributed by atoms with van der Waals surface area (Å²) in [6.07, 6.45) is 3.90. The van der Waals surface area contributed by atoms with Gasteiger partial charge in [-0.25, -0.2) is 4.39 Å². The molecule has 0 spiro atoms. The minimum atomic E-state index is -0.306. The van der Waals surface area contributed by atoms with Crippen molar-refractivity contribution in [3.8, 4) is 0 Å². The van der Waals surface area contributed by atoms with E-state index in [1.54, 1.807) is 34.2 Å². The minimum absolute atomic E-state index is 0.00114. The molecular weight excluding hydrogens is 309 g/mol. The number of halogens is 1. The fourth-order valence-electron chi connectivity index (χ4n) is 2.86. The van der Waals surface area contributed by atoms with Crippen LogP contribution in [0, 0.1) is 5.82 Å². The minimum Gasteiger partial charge on any atom is -0.356 e. The first-order valence-electron chi connectivity index (χ1n) is 7.96. The molecule has 0 N–H and O–H groups in total. The summed E-state index contributed by atoms with van der Waals surface area (Å²) in [5.74, 6) is -0.297. The molecule has 1 aromatic heterocycles. The van der Waals surface area contributed by atoms with Crippen molar-refractivity contribution in [2.45, 2.75) is 6.42 Å². The highest BCUT2D eigenvalue weighted by Gasteiger charge is 2.25. The lowest BCUT2D eigenvalue weighted by atomic mass is 10.1. The Morgan fingerprint density at radius 2 is 1.62 bits per heavy atom. The fraction of sp³-hybridized carbons (Fsp3) is 0.333. The Balaban J connectivity index is 1.53. The number of aromatic nitrogens is 1. The molecule has 0 saturated carbocycles. The van der Waals surface area contributed by atoms with Gasteiger partial charge in [0, 0.05) is 45.6 Å². The first kappa shape index (κ1) is 16.2. The summed E-state index contributed by atoms with van der Waals surface area (Å²) < 4.78 is 14.7. The number of carbonyl (C=O) groups is 2. The van der Waals surface area contributed by atoms with Crippen molar-refractivity contribution in [2.75, 3.05) is 26.2 Å². The van der Waals surface area contributed by atoms with Gasteiger partial charge in [0.2, 0.25) is 5.91 Å². The summed E-state index contributed by atoms with van der Waals surface area (Å²) in [6.45, 7) is 2.11. The molecule has 2 heterocycles. The van der Waals surface area contributed by atoms with E-state index in [4.69, 9.17) is 0 Å². The second kappa shape index (κ2) is 6.86. The third kappa shape index (κ3) is 3.64. The molecule has 1 aromatic carbocycles. The van der Waals surface area contributed by atoms with E-state index >= 15 is 0 Å². The molecule has 1 aliphatic heterocycles. The summed E-state index contributed by atoms with van der Waals surface area (Å²) in [6, 6.07) is 7.78. The Kier molecular flexibility index (Phi) is 4.64. The molecule has 24 heavy (non-hydrogen) atoms. The average Bonchev–Trinajstić information content (AvgIpc) is 3.03. The number of nitrogens with zero attached hydrogens (tertiary/aromatic N) is 3. The predicted octanol–water partition coefficient (Wildman–Crippen LogP) is 1.69. The van der Waals surface area contributed by atoms with Crippen LogP contribution in [-0.2, 0) is 18.3 Å². The first-order valence-corrected chi connectivity index (χ1v) is 7.96. The van der Waals surface area contributed by atoms with E-state index in [2.05, 4.69) is 0 Å². The molecule has 6 heteroatoms. The number of aryl methyl sites for hydroxylation is 1. The maximum atomic E-state index is 12.9. The average molecular weight is 329 g/mol. The molecule has 2 aromatic rings. The van der Waals surface area contributed by atoms with Crippen LogP contribution in [0.25, 0.3) is 0 Å². The lowest BCUT2D eigenvalue weighted by molar-refractivity contribution is -0.131. The van der Waals surface area contributed by atoms with Crippen molar-refractivity contribution in [3.05, 3.63) is 59.7 Å². The number of hydrogen-bond acceptors (Lipinski definition) is 2. The lowest BCUT2D eigenvalue weighted by Crippen LogP contribution is -2.50. The van der Waals surface area contributed by atoms with Gasteiger partial charge in [-0.2, -0.15) is 0 Å². The van der Waals surface area contributed by atoms with Gasteiger partial charge in [0.15, 0.2) is 0 Å². The van der Waals surface area contributed by atoms with E-state index in [-0.39, 0.29) is 24.1 Å². The van der Waals surface area contributed by atoms with Crippen LogP contribution in [0.5, 0.6) is 0 Å². The van der Waals surface area contributed by atoms with E-state index < -0.39 is 0 Å². The second-order valence-corrected chi connectivity index (χ2v) is 6.04. The van der Waals surface area contributed by atoms with Gasteiger partial charge in [-0.15, -0.1) is 0 Å². The Morgan fingerprint density at radius 1 is 1.00 bits per heavy atom. The number of benzene rings is 1. The molecule has 1 fully saturated rings. The Labute approximate surface area is 140 Å². The van der Waals surface area contributed by atoms with Crippen LogP contribution >= 0.6 is 0 Å². The van der Waals surface area contributed by atoms with E-state index in [9.17, 15) is 14.0 Å². The van der Waals surface area contributed by atoms with Crippen molar-refractivity contribution in [2.24, 2.45) is 7.05 Å². The third-order valence-corrected chi connectivity index (χ3v) is 4.27. The van der Waals surface area contributed by atoms with Crippen LogP contribution < -0.4 is 0 Å². The molecule has 0 aliphatic carbocycles. The van der Waals surface area contributed by atoms with E-state index in [1.165, 1.54) is 12.1 Å². The molecule has 126 valence electrons. The largest absolute Gasteiger partial charge is 0.356 e. The highest BCUT2D eigenvalue weighted by atomic mass is 19.1. The SMILES string of the molecule is Cn1ccc(C(=O)N2CCN(C(=O)Cc3ccc(F)cc3)CC2)c1. The van der Waals surface area contributed by atoms with Crippen molar-refractivity contribution in [1.29, 1.82) is 0 Å². The maximum absolute atomic E-state index is 12.9. The lowest BCUT2D eigenvalue weighted by Gasteiger charge is -2.34. The number of hydrogen-bond donors (Lipinski definition) is 0. The number of piperazine rings is 1. The smallest absolute Gasteiger partial charge is 0.255 e. The van der Waals surface area contributed by atoms with Crippen molar-refractivity contribution >= 4 is 11.8 Å². The van der Waals surface area contributed by atoms with E-state index in [0.29, 0.717) is 31.7 Å². The predicted molar refractivity (Wildman–Crippen MR) is 88.0 cm³/mol. The summed E-state index contributed by atoms with van der Waals surface area (Å²) in [5, 5.41) is 0. The molecule has 1 aliphatic rings. The molecule has 0 unspecified atom stereocenters. The molecular formula is C18H20FN3O2. The molecule has 0 bridgehead atoms. The highest BCUT2D eigenvalue weighted by Crippen LogP contribution is 2.11. The molecule has 1 saturated heterocycles. The first-order chi connectivity index (χ1) is 11.5. The molecule has 2 amide bonds. The van der Waals surface area contributed by atoms with Crippen molar-refractivity contribution in [1.82, 2.24) is 14.4 Å². The van der Waals surface area contributed by atoms with Gasteiger partial charge in [0.1, 0.15) is 5.82 Å². The zero-order valence-corrected chi connectivity index (χ0v) is 13.6. The zero-order chi connectivity index (χ0) is 17.1. The van der Waals surface area contributed by atoms with E-state index in [0.717, 1.165) is 5.56 Å². The van der Waals surface area contributed by atoms with Gasteiger partial charge in [-0.1, -0.05) is 12.1 Å². The number of carbonyl (C=O) groups excluding carboxylic acids is 2. The van der Waals surface area contributed by atoms with Gasteiger partial charge in [0.05, 0.1) is 12.0 Å². The Hall–Kier alpha value is -2.63. The Bertz CT molecular complexity index is 731. The fourth-order valence-corrected chi connectivity index (χ4v) is 2.86. The van der Waals surface area contributed by atoms with Gasteiger partial charge in [0.25, 0.3) is 5.91 Å². The summed E-state index contributed by atoms with van der Waals surface area (Å²) in [7, 11) is 1.88. The normalized spacial score (nSPS) is 14.8. The van der Waals surface area contributed by atoms with Crippen molar-refractivity contribution in [3.63, 3.8) is 0 Å². The summed E-state index contributed by atoms with van der Waals surface area (Å²) >= 11 is 0. The number of rotatable bonds is 3. The molecule has 3 rings (SSSR count). The molecule has 0 radical (unpaired) electrons.